The van der Waals surface area contributed by atoms with Crippen LogP contribution in [-0.2, 0) is 9.59 Å². The predicted molar refractivity (Wildman–Crippen MR) is 46.2 cm³/mol. The van der Waals surface area contributed by atoms with Gasteiger partial charge in [-0.05, 0) is 6.42 Å². The number of amides is 1. The zero-order valence-corrected chi connectivity index (χ0v) is 7.47. The average molecular weight is 189 g/mol. The number of carboxylic acids is 1. The Bertz CT molecular complexity index is 191. The normalized spacial score (nSPS) is 15.5. The maximum atomic E-state index is 11.1. The third-order valence-corrected chi connectivity index (χ3v) is 2.56. The van der Waals surface area contributed by atoms with Crippen LogP contribution in [0.4, 0.5) is 0 Å². The molecule has 1 rings (SSSR count). The maximum absolute atomic E-state index is 11.1. The largest absolute Gasteiger partial charge is 0.481 e. The van der Waals surface area contributed by atoms with Crippen molar-refractivity contribution in [1.82, 2.24) is 4.90 Å². The zero-order chi connectivity index (χ0) is 8.97. The van der Waals surface area contributed by atoms with Crippen molar-refractivity contribution in [1.29, 1.82) is 0 Å². The number of hydrogen-bond acceptors (Lipinski definition) is 3. The van der Waals surface area contributed by atoms with E-state index in [1.165, 1.54) is 0 Å². The fourth-order valence-corrected chi connectivity index (χ4v) is 1.52. The second-order valence-corrected chi connectivity index (χ2v) is 3.61. The molecule has 0 unspecified atom stereocenters. The first-order chi connectivity index (χ1) is 5.70. The number of likely N-dealkylation sites (tertiary alicyclic amines) is 1. The molecule has 1 saturated heterocycles. The summed E-state index contributed by atoms with van der Waals surface area (Å²) in [5.74, 6) is -0.491. The summed E-state index contributed by atoms with van der Waals surface area (Å²) in [7, 11) is 0. The van der Waals surface area contributed by atoms with Crippen molar-refractivity contribution in [2.75, 3.05) is 24.6 Å². The van der Waals surface area contributed by atoms with Crippen LogP contribution in [0.1, 0.15) is 6.42 Å². The van der Waals surface area contributed by atoms with E-state index in [1.807, 2.05) is 0 Å². The Hall–Kier alpha value is -0.710. The van der Waals surface area contributed by atoms with Gasteiger partial charge in [0, 0.05) is 13.1 Å². The van der Waals surface area contributed by atoms with Crippen molar-refractivity contribution in [3.8, 4) is 0 Å². The van der Waals surface area contributed by atoms with Crippen LogP contribution in [-0.4, -0.2) is 46.5 Å². The van der Waals surface area contributed by atoms with Crippen LogP contribution in [0.3, 0.4) is 0 Å². The molecule has 1 amide bonds. The lowest BCUT2D eigenvalue weighted by molar-refractivity contribution is -0.133. The van der Waals surface area contributed by atoms with E-state index in [-0.39, 0.29) is 11.7 Å². The summed E-state index contributed by atoms with van der Waals surface area (Å²) in [5.41, 5.74) is 0. The second kappa shape index (κ2) is 4.35. The molecule has 0 aliphatic carbocycles. The minimum Gasteiger partial charge on any atom is -0.481 e. The Morgan fingerprint density at radius 2 is 2.00 bits per heavy atom. The number of rotatable bonds is 4. The van der Waals surface area contributed by atoms with Gasteiger partial charge in [-0.25, -0.2) is 0 Å². The maximum Gasteiger partial charge on any atom is 0.313 e. The Kier molecular flexibility index (Phi) is 3.40. The van der Waals surface area contributed by atoms with E-state index < -0.39 is 5.97 Å². The fourth-order valence-electron chi connectivity index (χ4n) is 0.883. The molecule has 1 aliphatic rings. The van der Waals surface area contributed by atoms with Crippen molar-refractivity contribution in [2.24, 2.45) is 0 Å². The van der Waals surface area contributed by atoms with Crippen LogP contribution >= 0.6 is 11.8 Å². The van der Waals surface area contributed by atoms with Gasteiger partial charge in [0.1, 0.15) is 0 Å². The quantitative estimate of drug-likeness (QED) is 0.678. The van der Waals surface area contributed by atoms with E-state index in [0.717, 1.165) is 31.3 Å². The summed E-state index contributed by atoms with van der Waals surface area (Å²) in [6.45, 7) is 1.68. The molecule has 0 aromatic rings. The van der Waals surface area contributed by atoms with Gasteiger partial charge in [-0.15, -0.1) is 11.8 Å². The molecule has 0 aromatic heterocycles. The number of hydrogen-bond donors (Lipinski definition) is 1. The summed E-state index contributed by atoms with van der Waals surface area (Å²) in [4.78, 5) is 23.0. The lowest BCUT2D eigenvalue weighted by atomic mass is 10.2. The number of aliphatic carboxylic acids is 1. The van der Waals surface area contributed by atoms with E-state index in [1.54, 1.807) is 4.90 Å². The highest BCUT2D eigenvalue weighted by Gasteiger charge is 2.19. The van der Waals surface area contributed by atoms with E-state index in [2.05, 4.69) is 0 Å². The van der Waals surface area contributed by atoms with Gasteiger partial charge in [-0.1, -0.05) is 0 Å². The van der Waals surface area contributed by atoms with Crippen LogP contribution in [0.15, 0.2) is 0 Å². The van der Waals surface area contributed by atoms with Gasteiger partial charge >= 0.3 is 5.97 Å². The lowest BCUT2D eigenvalue weighted by Gasteiger charge is -2.30. The molecule has 0 aromatic carbocycles. The average Bonchev–Trinajstić information content (AvgIpc) is 1.81. The molecule has 4 nitrogen and oxygen atoms in total. The van der Waals surface area contributed by atoms with E-state index in [4.69, 9.17) is 5.11 Å². The van der Waals surface area contributed by atoms with Crippen LogP contribution < -0.4 is 0 Å². The summed E-state index contributed by atoms with van der Waals surface area (Å²) in [6.07, 6.45) is 1.08. The predicted octanol–water partition coefficient (Wildman–Crippen LogP) is 0.0365. The molecule has 1 N–H and O–H groups in total. The Morgan fingerprint density at radius 3 is 2.42 bits per heavy atom. The van der Waals surface area contributed by atoms with Gasteiger partial charge < -0.3 is 10.0 Å². The van der Waals surface area contributed by atoms with Crippen LogP contribution in [0, 0.1) is 0 Å². The van der Waals surface area contributed by atoms with Crippen molar-refractivity contribution >= 4 is 23.6 Å². The van der Waals surface area contributed by atoms with Crippen LogP contribution in [0.2, 0.25) is 0 Å². The number of carbonyl (C=O) groups excluding carboxylic acids is 1. The molecule has 12 heavy (non-hydrogen) atoms. The van der Waals surface area contributed by atoms with Crippen molar-refractivity contribution in [3.63, 3.8) is 0 Å². The fraction of sp³-hybridized carbons (Fsp3) is 0.714. The summed E-state index contributed by atoms with van der Waals surface area (Å²) in [6, 6.07) is 0. The summed E-state index contributed by atoms with van der Waals surface area (Å²) in [5, 5.41) is 8.29. The molecule has 0 radical (unpaired) electrons. The molecule has 0 atom stereocenters. The molecule has 0 spiro atoms. The molecule has 0 bridgehead atoms. The number of thioether (sulfide) groups is 1. The van der Waals surface area contributed by atoms with E-state index >= 15 is 0 Å². The topological polar surface area (TPSA) is 57.6 Å². The highest BCUT2D eigenvalue weighted by Crippen LogP contribution is 2.09. The smallest absolute Gasteiger partial charge is 0.313 e. The van der Waals surface area contributed by atoms with Crippen LogP contribution in [0.25, 0.3) is 0 Å². The zero-order valence-electron chi connectivity index (χ0n) is 6.65. The highest BCUT2D eigenvalue weighted by molar-refractivity contribution is 8.00. The SMILES string of the molecule is O=C(O)CSCC(=O)N1CCC1. The third-order valence-electron chi connectivity index (χ3n) is 1.66. The van der Waals surface area contributed by atoms with Gasteiger partial charge in [0.25, 0.3) is 0 Å². The standard InChI is InChI=1S/C7H11NO3S/c9-6(8-2-1-3-8)4-12-5-7(10)11/h1-5H2,(H,10,11). The minimum absolute atomic E-state index is 0.0135. The van der Waals surface area contributed by atoms with Gasteiger partial charge in [-0.3, -0.25) is 9.59 Å². The van der Waals surface area contributed by atoms with Gasteiger partial charge in [0.2, 0.25) is 5.91 Å². The lowest BCUT2D eigenvalue weighted by Crippen LogP contribution is -2.43. The molecule has 5 heteroatoms. The highest BCUT2D eigenvalue weighted by atomic mass is 32.2. The van der Waals surface area contributed by atoms with Gasteiger partial charge in [0.15, 0.2) is 0 Å². The van der Waals surface area contributed by atoms with Crippen molar-refractivity contribution < 1.29 is 14.7 Å². The molecular weight excluding hydrogens is 178 g/mol. The van der Waals surface area contributed by atoms with E-state index in [0.29, 0.717) is 5.75 Å². The molecular formula is C7H11NO3S. The van der Waals surface area contributed by atoms with Gasteiger partial charge in [0.05, 0.1) is 11.5 Å². The first kappa shape index (κ1) is 9.38. The molecule has 0 saturated carbocycles. The second-order valence-electron chi connectivity index (χ2n) is 2.62. The third kappa shape index (κ3) is 2.73. The summed E-state index contributed by atoms with van der Waals surface area (Å²) < 4.78 is 0. The van der Waals surface area contributed by atoms with Gasteiger partial charge in [-0.2, -0.15) is 0 Å². The van der Waals surface area contributed by atoms with E-state index in [9.17, 15) is 9.59 Å². The summed E-state index contributed by atoms with van der Waals surface area (Å²) >= 11 is 1.16. The number of nitrogens with zero attached hydrogens (tertiary/aromatic N) is 1. The first-order valence-corrected chi connectivity index (χ1v) is 4.93. The monoisotopic (exact) mass is 189 g/mol. The Balaban J connectivity index is 2.05. The van der Waals surface area contributed by atoms with Crippen molar-refractivity contribution in [2.45, 2.75) is 6.42 Å². The molecule has 68 valence electrons. The Morgan fingerprint density at radius 1 is 1.33 bits per heavy atom. The van der Waals surface area contributed by atoms with Crippen LogP contribution in [0.5, 0.6) is 0 Å². The molecule has 1 aliphatic heterocycles. The Labute approximate surface area is 74.9 Å². The minimum atomic E-state index is -0.864. The molecule has 1 heterocycles. The first-order valence-electron chi connectivity index (χ1n) is 3.77. The molecule has 1 fully saturated rings. The number of carbonyl (C=O) groups is 2. The number of carboxylic acid groups (broad SMARTS) is 1. The van der Waals surface area contributed by atoms with Crippen molar-refractivity contribution in [3.05, 3.63) is 0 Å².